The van der Waals surface area contributed by atoms with Crippen LogP contribution >= 0.6 is 24.0 Å². The minimum Gasteiger partial charge on any atom is -0.369 e. The first kappa shape index (κ1) is 22.2. The molecule has 1 amide bonds. The summed E-state index contributed by atoms with van der Waals surface area (Å²) < 4.78 is 2.00. The van der Waals surface area contributed by atoms with Crippen molar-refractivity contribution in [2.24, 2.45) is 5.92 Å². The Hall–Kier alpha value is -2.97. The summed E-state index contributed by atoms with van der Waals surface area (Å²) in [5, 5.41) is 3.28. The SMILES string of the molecule is Cc1ccc2nc(NCC(C)C)c(/C=C3\SC(=S)N(Cc4ccccc4)C3=O)c(=O)n2c1. The highest BCUT2D eigenvalue weighted by Crippen LogP contribution is 2.34. The first-order chi connectivity index (χ1) is 15.3. The minimum absolute atomic E-state index is 0.201. The van der Waals surface area contributed by atoms with Gasteiger partial charge in [0.2, 0.25) is 0 Å². The molecule has 164 valence electrons. The van der Waals surface area contributed by atoms with E-state index in [2.05, 4.69) is 24.1 Å². The van der Waals surface area contributed by atoms with Crippen LogP contribution in [0.15, 0.2) is 58.4 Å². The maximum absolute atomic E-state index is 13.4. The molecule has 0 atom stereocenters. The maximum atomic E-state index is 13.4. The van der Waals surface area contributed by atoms with Crippen molar-refractivity contribution >= 4 is 51.7 Å². The molecule has 1 aliphatic rings. The van der Waals surface area contributed by atoms with Crippen molar-refractivity contribution in [3.05, 3.63) is 80.6 Å². The molecule has 0 bridgehead atoms. The molecule has 0 aliphatic carbocycles. The van der Waals surface area contributed by atoms with Crippen LogP contribution in [0.2, 0.25) is 0 Å². The highest BCUT2D eigenvalue weighted by atomic mass is 32.2. The summed E-state index contributed by atoms with van der Waals surface area (Å²) in [5.74, 6) is 0.637. The topological polar surface area (TPSA) is 66.7 Å². The zero-order valence-corrected chi connectivity index (χ0v) is 19.8. The zero-order valence-electron chi connectivity index (χ0n) is 18.2. The zero-order chi connectivity index (χ0) is 22.8. The maximum Gasteiger partial charge on any atom is 0.267 e. The average Bonchev–Trinajstić information content (AvgIpc) is 3.03. The summed E-state index contributed by atoms with van der Waals surface area (Å²) in [4.78, 5) is 33.1. The number of anilines is 1. The monoisotopic (exact) mass is 464 g/mol. The van der Waals surface area contributed by atoms with Crippen LogP contribution in [0, 0.1) is 12.8 Å². The van der Waals surface area contributed by atoms with E-state index in [4.69, 9.17) is 12.2 Å². The van der Waals surface area contributed by atoms with Crippen LogP contribution in [0.25, 0.3) is 11.7 Å². The van der Waals surface area contributed by atoms with Gasteiger partial charge in [-0.25, -0.2) is 4.98 Å². The Kier molecular flexibility index (Phi) is 6.43. The van der Waals surface area contributed by atoms with Crippen molar-refractivity contribution < 1.29 is 4.79 Å². The van der Waals surface area contributed by atoms with Gasteiger partial charge < -0.3 is 5.32 Å². The lowest BCUT2D eigenvalue weighted by Crippen LogP contribution is -2.27. The Morgan fingerprint density at radius 2 is 1.91 bits per heavy atom. The van der Waals surface area contributed by atoms with Crippen LogP contribution in [-0.4, -0.2) is 31.1 Å². The van der Waals surface area contributed by atoms with Crippen LogP contribution < -0.4 is 10.9 Å². The molecule has 3 aromatic rings. The molecule has 2 aromatic heterocycles. The number of pyridine rings is 1. The van der Waals surface area contributed by atoms with E-state index in [9.17, 15) is 9.59 Å². The Labute approximate surface area is 196 Å². The third kappa shape index (κ3) is 4.61. The molecule has 6 nitrogen and oxygen atoms in total. The van der Waals surface area contributed by atoms with E-state index in [1.165, 1.54) is 16.2 Å². The van der Waals surface area contributed by atoms with E-state index in [0.717, 1.165) is 11.1 Å². The van der Waals surface area contributed by atoms with Crippen molar-refractivity contribution in [1.82, 2.24) is 14.3 Å². The summed E-state index contributed by atoms with van der Waals surface area (Å²) in [6, 6.07) is 13.4. The average molecular weight is 465 g/mol. The highest BCUT2D eigenvalue weighted by Gasteiger charge is 2.32. The van der Waals surface area contributed by atoms with Gasteiger partial charge in [0, 0.05) is 12.7 Å². The molecular weight excluding hydrogens is 440 g/mol. The second-order valence-corrected chi connectivity index (χ2v) is 9.82. The fourth-order valence-electron chi connectivity index (χ4n) is 3.36. The number of nitrogens with one attached hydrogen (secondary N) is 1. The number of aryl methyl sites for hydroxylation is 1. The second-order valence-electron chi connectivity index (χ2n) is 8.14. The fourth-order valence-corrected chi connectivity index (χ4v) is 4.59. The highest BCUT2D eigenvalue weighted by molar-refractivity contribution is 8.26. The number of nitrogens with zero attached hydrogens (tertiary/aromatic N) is 3. The lowest BCUT2D eigenvalue weighted by Gasteiger charge is -2.14. The van der Waals surface area contributed by atoms with E-state index < -0.39 is 0 Å². The number of aromatic nitrogens is 2. The number of carbonyl (C=O) groups excluding carboxylic acids is 1. The number of amides is 1. The molecule has 1 aromatic carbocycles. The summed E-state index contributed by atoms with van der Waals surface area (Å²) in [7, 11) is 0. The van der Waals surface area contributed by atoms with Gasteiger partial charge >= 0.3 is 0 Å². The van der Waals surface area contributed by atoms with Gasteiger partial charge in [-0.05, 0) is 36.1 Å². The largest absolute Gasteiger partial charge is 0.369 e. The quantitative estimate of drug-likeness (QED) is 0.429. The molecule has 32 heavy (non-hydrogen) atoms. The normalized spacial score (nSPS) is 15.4. The Bertz CT molecular complexity index is 1280. The van der Waals surface area contributed by atoms with Crippen molar-refractivity contribution in [1.29, 1.82) is 0 Å². The van der Waals surface area contributed by atoms with Crippen molar-refractivity contribution in [3.63, 3.8) is 0 Å². The molecule has 1 aliphatic heterocycles. The molecule has 1 saturated heterocycles. The molecule has 4 rings (SSSR count). The lowest BCUT2D eigenvalue weighted by atomic mass is 10.2. The number of hydrogen-bond acceptors (Lipinski definition) is 6. The van der Waals surface area contributed by atoms with Gasteiger partial charge in [-0.15, -0.1) is 0 Å². The van der Waals surface area contributed by atoms with Gasteiger partial charge in [-0.2, -0.15) is 0 Å². The van der Waals surface area contributed by atoms with Gasteiger partial charge in [-0.3, -0.25) is 18.9 Å². The van der Waals surface area contributed by atoms with E-state index in [0.29, 0.717) is 45.3 Å². The third-order valence-corrected chi connectivity index (χ3v) is 6.39. The molecule has 0 unspecified atom stereocenters. The molecule has 1 N–H and O–H groups in total. The van der Waals surface area contributed by atoms with Crippen LogP contribution in [0.4, 0.5) is 5.82 Å². The first-order valence-electron chi connectivity index (χ1n) is 10.4. The molecular formula is C24H24N4O2S2. The summed E-state index contributed by atoms with van der Waals surface area (Å²) in [6.45, 7) is 7.14. The van der Waals surface area contributed by atoms with Crippen molar-refractivity contribution in [2.75, 3.05) is 11.9 Å². The first-order valence-corrected chi connectivity index (χ1v) is 11.6. The van der Waals surface area contributed by atoms with Crippen LogP contribution in [0.3, 0.4) is 0 Å². The van der Waals surface area contributed by atoms with E-state index in [-0.39, 0.29) is 11.5 Å². The van der Waals surface area contributed by atoms with Crippen molar-refractivity contribution in [3.8, 4) is 0 Å². The standard InChI is InChI=1S/C24H24N4O2S2/c1-15(2)12-25-21-18(22(29)27-13-16(3)9-10-20(27)26-21)11-19-23(30)28(24(31)32-19)14-17-7-5-4-6-8-17/h4-11,13,15,25H,12,14H2,1-3H3/b19-11-. The fraction of sp³-hybridized carbons (Fsp3) is 0.250. The molecule has 0 saturated carbocycles. The van der Waals surface area contributed by atoms with Gasteiger partial charge in [0.15, 0.2) is 0 Å². The second kappa shape index (κ2) is 9.26. The van der Waals surface area contributed by atoms with Gasteiger partial charge in [0.1, 0.15) is 15.8 Å². The van der Waals surface area contributed by atoms with Crippen LogP contribution in [0.1, 0.15) is 30.5 Å². The lowest BCUT2D eigenvalue weighted by molar-refractivity contribution is -0.122. The summed E-state index contributed by atoms with van der Waals surface area (Å²) in [6.07, 6.45) is 3.38. The molecule has 0 spiro atoms. The minimum atomic E-state index is -0.224. The number of hydrogen-bond donors (Lipinski definition) is 1. The summed E-state index contributed by atoms with van der Waals surface area (Å²) >= 11 is 6.68. The van der Waals surface area contributed by atoms with Gasteiger partial charge in [0.25, 0.3) is 11.5 Å². The third-order valence-electron chi connectivity index (χ3n) is 5.02. The smallest absolute Gasteiger partial charge is 0.267 e. The Morgan fingerprint density at radius 1 is 1.16 bits per heavy atom. The van der Waals surface area contributed by atoms with E-state index in [1.807, 2.05) is 49.4 Å². The Morgan fingerprint density at radius 3 is 2.62 bits per heavy atom. The molecule has 8 heteroatoms. The molecule has 0 radical (unpaired) electrons. The number of rotatable bonds is 6. The Balaban J connectivity index is 1.75. The number of fused-ring (bicyclic) bond motifs is 1. The summed E-state index contributed by atoms with van der Waals surface area (Å²) in [5.41, 5.74) is 2.63. The molecule has 1 fully saturated rings. The number of carbonyl (C=O) groups is 1. The van der Waals surface area contributed by atoms with Crippen molar-refractivity contribution in [2.45, 2.75) is 27.3 Å². The number of thioether (sulfide) groups is 1. The predicted octanol–water partition coefficient (Wildman–Crippen LogP) is 4.47. The van der Waals surface area contributed by atoms with E-state index in [1.54, 1.807) is 17.2 Å². The van der Waals surface area contributed by atoms with Gasteiger partial charge in [0.05, 0.1) is 17.0 Å². The predicted molar refractivity (Wildman–Crippen MR) is 135 cm³/mol. The van der Waals surface area contributed by atoms with E-state index >= 15 is 0 Å². The van der Waals surface area contributed by atoms with Crippen LogP contribution in [0.5, 0.6) is 0 Å². The number of benzene rings is 1. The van der Waals surface area contributed by atoms with Crippen LogP contribution in [-0.2, 0) is 11.3 Å². The van der Waals surface area contributed by atoms with Gasteiger partial charge in [-0.1, -0.05) is 74.2 Å². The number of thiocarbonyl (C=S) groups is 1. The molecule has 3 heterocycles.